The van der Waals surface area contributed by atoms with Gasteiger partial charge in [-0.05, 0) is 42.0 Å². The molecule has 2 aromatic carbocycles. The number of nitrogens with one attached hydrogen (secondary N) is 1. The number of methoxy groups -OCH3 is 3. The summed E-state index contributed by atoms with van der Waals surface area (Å²) in [5, 5.41) is 7.69. The van der Waals surface area contributed by atoms with Gasteiger partial charge in [-0.25, -0.2) is 4.68 Å². The van der Waals surface area contributed by atoms with Gasteiger partial charge < -0.3 is 24.4 Å². The van der Waals surface area contributed by atoms with Crippen LogP contribution in [0.5, 0.6) is 11.5 Å². The zero-order valence-electron chi connectivity index (χ0n) is 22.4. The van der Waals surface area contributed by atoms with E-state index < -0.39 is 0 Å². The van der Waals surface area contributed by atoms with Crippen LogP contribution in [0.4, 0.5) is 5.82 Å². The number of rotatable bonds is 11. The van der Waals surface area contributed by atoms with Gasteiger partial charge >= 0.3 is 0 Å². The molecular formula is C28H36N4O5. The lowest BCUT2D eigenvalue weighted by atomic mass is 9.92. The molecule has 198 valence electrons. The van der Waals surface area contributed by atoms with Crippen molar-refractivity contribution in [1.82, 2.24) is 14.7 Å². The number of aromatic nitrogens is 2. The van der Waals surface area contributed by atoms with E-state index in [4.69, 9.17) is 19.3 Å². The maximum absolute atomic E-state index is 13.1. The molecule has 2 amide bonds. The van der Waals surface area contributed by atoms with E-state index in [1.54, 1.807) is 26.0 Å². The molecule has 0 aliphatic carbocycles. The summed E-state index contributed by atoms with van der Waals surface area (Å²) in [5.41, 5.74) is 2.21. The lowest BCUT2D eigenvalue weighted by Gasteiger charge is -2.22. The minimum absolute atomic E-state index is 0.114. The zero-order chi connectivity index (χ0) is 27.0. The Morgan fingerprint density at radius 3 is 2.08 bits per heavy atom. The Morgan fingerprint density at radius 1 is 0.946 bits per heavy atom. The minimum Gasteiger partial charge on any atom is -0.497 e. The van der Waals surface area contributed by atoms with Crippen molar-refractivity contribution in [2.24, 2.45) is 0 Å². The number of hydrogen-bond acceptors (Lipinski definition) is 6. The van der Waals surface area contributed by atoms with E-state index in [9.17, 15) is 9.59 Å². The van der Waals surface area contributed by atoms with Crippen LogP contribution in [0.15, 0.2) is 54.6 Å². The highest BCUT2D eigenvalue weighted by molar-refractivity contribution is 5.94. The fourth-order valence-electron chi connectivity index (χ4n) is 3.64. The van der Waals surface area contributed by atoms with E-state index in [1.165, 1.54) is 4.90 Å². The third-order valence-corrected chi connectivity index (χ3v) is 5.83. The second kappa shape index (κ2) is 12.4. The average molecular weight is 509 g/mol. The first-order valence-corrected chi connectivity index (χ1v) is 12.1. The highest BCUT2D eigenvalue weighted by Crippen LogP contribution is 2.27. The molecule has 3 rings (SSSR count). The molecule has 3 aromatic rings. The summed E-state index contributed by atoms with van der Waals surface area (Å²) in [7, 11) is 4.77. The Balaban J connectivity index is 1.79. The number of carbonyl (C=O) groups excluding carboxylic acids is 2. The first-order valence-electron chi connectivity index (χ1n) is 12.1. The molecule has 9 nitrogen and oxygen atoms in total. The van der Waals surface area contributed by atoms with Crippen LogP contribution in [0.3, 0.4) is 0 Å². The fraction of sp³-hybridized carbons (Fsp3) is 0.393. The fourth-order valence-corrected chi connectivity index (χ4v) is 3.64. The van der Waals surface area contributed by atoms with Crippen LogP contribution in [0.1, 0.15) is 32.0 Å². The zero-order valence-corrected chi connectivity index (χ0v) is 22.4. The lowest BCUT2D eigenvalue weighted by molar-refractivity contribution is -0.134. The SMILES string of the molecule is COCCN(CC(=O)Nc1cc(C(C)(C)C)nn1-c1ccc(OC)cc1)C(=O)Cc1ccc(OC)cc1. The van der Waals surface area contributed by atoms with Crippen molar-refractivity contribution in [3.63, 3.8) is 0 Å². The van der Waals surface area contributed by atoms with Gasteiger partial charge in [0.1, 0.15) is 17.3 Å². The highest BCUT2D eigenvalue weighted by atomic mass is 16.5. The predicted octanol–water partition coefficient (Wildman–Crippen LogP) is 3.84. The Bertz CT molecular complexity index is 1180. The van der Waals surface area contributed by atoms with E-state index >= 15 is 0 Å². The van der Waals surface area contributed by atoms with E-state index in [0.717, 1.165) is 28.4 Å². The van der Waals surface area contributed by atoms with Gasteiger partial charge in [0, 0.05) is 25.1 Å². The molecule has 0 aliphatic rings. The molecule has 0 spiro atoms. The van der Waals surface area contributed by atoms with Crippen LogP contribution in [0.2, 0.25) is 0 Å². The van der Waals surface area contributed by atoms with Crippen molar-refractivity contribution in [1.29, 1.82) is 0 Å². The normalized spacial score (nSPS) is 11.2. The molecule has 0 aliphatic heterocycles. The summed E-state index contributed by atoms with van der Waals surface area (Å²) in [6, 6.07) is 16.6. The van der Waals surface area contributed by atoms with Gasteiger partial charge in [-0.3, -0.25) is 9.59 Å². The van der Waals surface area contributed by atoms with Gasteiger partial charge in [-0.2, -0.15) is 5.10 Å². The van der Waals surface area contributed by atoms with Gasteiger partial charge in [0.2, 0.25) is 11.8 Å². The van der Waals surface area contributed by atoms with Crippen molar-refractivity contribution in [2.45, 2.75) is 32.6 Å². The van der Waals surface area contributed by atoms with E-state index in [2.05, 4.69) is 26.1 Å². The maximum atomic E-state index is 13.1. The summed E-state index contributed by atoms with van der Waals surface area (Å²) >= 11 is 0. The molecular weight excluding hydrogens is 472 g/mol. The largest absolute Gasteiger partial charge is 0.497 e. The van der Waals surface area contributed by atoms with Crippen LogP contribution < -0.4 is 14.8 Å². The molecule has 1 aromatic heterocycles. The molecule has 0 saturated carbocycles. The Hall–Kier alpha value is -3.85. The van der Waals surface area contributed by atoms with Crippen molar-refractivity contribution >= 4 is 17.6 Å². The summed E-state index contributed by atoms with van der Waals surface area (Å²) in [6.45, 7) is 6.68. The lowest BCUT2D eigenvalue weighted by Crippen LogP contribution is -2.41. The monoisotopic (exact) mass is 508 g/mol. The number of nitrogens with zero attached hydrogens (tertiary/aromatic N) is 3. The first-order chi connectivity index (χ1) is 17.6. The molecule has 0 atom stereocenters. The third kappa shape index (κ3) is 7.57. The quantitative estimate of drug-likeness (QED) is 0.423. The van der Waals surface area contributed by atoms with E-state index in [-0.39, 0.29) is 30.2 Å². The van der Waals surface area contributed by atoms with Crippen LogP contribution in [0.25, 0.3) is 5.69 Å². The molecule has 0 fully saturated rings. The van der Waals surface area contributed by atoms with Crippen LogP contribution in [0, 0.1) is 0 Å². The van der Waals surface area contributed by atoms with Crippen molar-refractivity contribution in [3.05, 3.63) is 65.9 Å². The Morgan fingerprint density at radius 2 is 1.54 bits per heavy atom. The van der Waals surface area contributed by atoms with Gasteiger partial charge in [-0.1, -0.05) is 32.9 Å². The molecule has 1 heterocycles. The van der Waals surface area contributed by atoms with Crippen LogP contribution in [-0.4, -0.2) is 67.5 Å². The third-order valence-electron chi connectivity index (χ3n) is 5.83. The molecule has 1 N–H and O–H groups in total. The molecule has 9 heteroatoms. The topological polar surface area (TPSA) is 94.9 Å². The number of amides is 2. The second-order valence-corrected chi connectivity index (χ2v) is 9.66. The van der Waals surface area contributed by atoms with Crippen molar-refractivity contribution in [3.8, 4) is 17.2 Å². The van der Waals surface area contributed by atoms with Gasteiger partial charge in [0.05, 0.1) is 45.2 Å². The summed E-state index contributed by atoms with van der Waals surface area (Å²) in [6.07, 6.45) is 0.166. The molecule has 0 unspecified atom stereocenters. The number of anilines is 1. The standard InChI is InChI=1S/C28H36N4O5/c1-28(2,3)24-18-25(32(30-24)21-9-13-23(37-6)14-10-21)29-26(33)19-31(15-16-35-4)27(34)17-20-7-11-22(36-5)12-8-20/h7-14,18H,15-17,19H2,1-6H3,(H,29,33). The molecule has 0 saturated heterocycles. The molecule has 37 heavy (non-hydrogen) atoms. The highest BCUT2D eigenvalue weighted by Gasteiger charge is 2.23. The summed E-state index contributed by atoms with van der Waals surface area (Å²) in [5.74, 6) is 1.47. The van der Waals surface area contributed by atoms with Gasteiger partial charge in [0.25, 0.3) is 0 Å². The Kier molecular flexibility index (Phi) is 9.30. The smallest absolute Gasteiger partial charge is 0.245 e. The number of hydrogen-bond donors (Lipinski definition) is 1. The Labute approximate surface area is 218 Å². The van der Waals surface area contributed by atoms with E-state index in [0.29, 0.717) is 19.0 Å². The van der Waals surface area contributed by atoms with Crippen LogP contribution in [-0.2, 0) is 26.2 Å². The molecule has 0 radical (unpaired) electrons. The minimum atomic E-state index is -0.325. The average Bonchev–Trinajstić information content (AvgIpc) is 3.31. The number of carbonyl (C=O) groups is 2. The second-order valence-electron chi connectivity index (χ2n) is 9.66. The maximum Gasteiger partial charge on any atom is 0.245 e. The van der Waals surface area contributed by atoms with Crippen molar-refractivity contribution in [2.75, 3.05) is 46.3 Å². The first kappa shape index (κ1) is 27.7. The van der Waals surface area contributed by atoms with Crippen LogP contribution >= 0.6 is 0 Å². The predicted molar refractivity (Wildman–Crippen MR) is 143 cm³/mol. The number of ether oxygens (including phenoxy) is 3. The van der Waals surface area contributed by atoms with Gasteiger partial charge in [0.15, 0.2) is 0 Å². The van der Waals surface area contributed by atoms with E-state index in [1.807, 2.05) is 54.6 Å². The van der Waals surface area contributed by atoms with Gasteiger partial charge in [-0.15, -0.1) is 0 Å². The summed E-state index contributed by atoms with van der Waals surface area (Å²) in [4.78, 5) is 27.7. The molecule has 0 bridgehead atoms. The van der Waals surface area contributed by atoms with Crippen molar-refractivity contribution < 1.29 is 23.8 Å². The number of benzene rings is 2. The summed E-state index contributed by atoms with van der Waals surface area (Å²) < 4.78 is 17.3.